The minimum Gasteiger partial charge on any atom is -0.505 e. The molecule has 0 amide bonds. The molecule has 4 heteroatoms. The van der Waals surface area contributed by atoms with Gasteiger partial charge in [0.25, 0.3) is 0 Å². The van der Waals surface area contributed by atoms with Crippen LogP contribution in [0.3, 0.4) is 0 Å². The smallest absolute Gasteiger partial charge is 0.146 e. The highest BCUT2D eigenvalue weighted by molar-refractivity contribution is 5.73. The quantitative estimate of drug-likeness (QED) is 0.719. The molecule has 3 rings (SSSR count). The van der Waals surface area contributed by atoms with Gasteiger partial charge in [-0.05, 0) is 47.9 Å². The van der Waals surface area contributed by atoms with E-state index in [2.05, 4.69) is 50.9 Å². The number of nitrogens with zero attached hydrogens (tertiary/aromatic N) is 3. The van der Waals surface area contributed by atoms with Crippen LogP contribution in [0.2, 0.25) is 0 Å². The molecule has 0 aliphatic heterocycles. The summed E-state index contributed by atoms with van der Waals surface area (Å²) in [5.41, 5.74) is 4.31. The predicted octanol–water partition coefficient (Wildman–Crippen LogP) is 5.15. The van der Waals surface area contributed by atoms with E-state index in [-0.39, 0.29) is 16.6 Å². The zero-order chi connectivity index (χ0) is 18.4. The first-order chi connectivity index (χ1) is 11.6. The Morgan fingerprint density at radius 1 is 0.960 bits per heavy atom. The van der Waals surface area contributed by atoms with Crippen molar-refractivity contribution in [2.45, 2.75) is 53.4 Å². The summed E-state index contributed by atoms with van der Waals surface area (Å²) < 4.78 is 0. The Labute approximate surface area is 149 Å². The zero-order valence-corrected chi connectivity index (χ0v) is 16.0. The number of aromatic hydroxyl groups is 1. The average molecular weight is 337 g/mol. The van der Waals surface area contributed by atoms with E-state index in [4.69, 9.17) is 0 Å². The Morgan fingerprint density at radius 2 is 1.52 bits per heavy atom. The van der Waals surface area contributed by atoms with Crippen molar-refractivity contribution < 1.29 is 5.11 Å². The van der Waals surface area contributed by atoms with Gasteiger partial charge in [-0.3, -0.25) is 0 Å². The Balaban J connectivity index is 2.14. The van der Waals surface area contributed by atoms with Gasteiger partial charge in [-0.1, -0.05) is 52.8 Å². The molecule has 132 valence electrons. The normalized spacial score (nSPS) is 12.7. The second-order valence-corrected chi connectivity index (χ2v) is 8.78. The highest BCUT2D eigenvalue weighted by atomic mass is 16.3. The summed E-state index contributed by atoms with van der Waals surface area (Å²) in [6.07, 6.45) is 0.963. The topological polar surface area (TPSA) is 50.9 Å². The van der Waals surface area contributed by atoms with E-state index in [9.17, 15) is 5.11 Å². The fourth-order valence-corrected chi connectivity index (χ4v) is 3.82. The molecule has 0 atom stereocenters. The highest BCUT2D eigenvalue weighted by Gasteiger charge is 2.31. The molecule has 0 spiro atoms. The number of aryl methyl sites for hydroxylation is 1. The zero-order valence-electron chi connectivity index (χ0n) is 16.0. The second-order valence-electron chi connectivity index (χ2n) is 8.78. The number of phenolic OH excluding ortho intramolecular Hbond substituents is 1. The van der Waals surface area contributed by atoms with Crippen LogP contribution in [0.4, 0.5) is 0 Å². The van der Waals surface area contributed by atoms with Gasteiger partial charge in [0, 0.05) is 5.56 Å². The van der Waals surface area contributed by atoms with Gasteiger partial charge in [0.05, 0.1) is 0 Å². The average Bonchev–Trinajstić information content (AvgIpc) is 2.90. The van der Waals surface area contributed by atoms with E-state index in [0.29, 0.717) is 5.69 Å². The number of fused-ring (bicyclic) bond motifs is 1. The van der Waals surface area contributed by atoms with Crippen molar-refractivity contribution >= 4 is 11.0 Å². The lowest BCUT2D eigenvalue weighted by Crippen LogP contribution is -2.25. The summed E-state index contributed by atoms with van der Waals surface area (Å²) in [5, 5.41) is 20.1. The van der Waals surface area contributed by atoms with Crippen LogP contribution in [0.1, 0.15) is 52.2 Å². The summed E-state index contributed by atoms with van der Waals surface area (Å²) >= 11 is 0. The summed E-state index contributed by atoms with van der Waals surface area (Å²) in [7, 11) is 0. The molecule has 0 aliphatic rings. The summed E-state index contributed by atoms with van der Waals surface area (Å²) in [6, 6.07) is 11.7. The van der Waals surface area contributed by atoms with Crippen LogP contribution in [0, 0.1) is 12.3 Å². The van der Waals surface area contributed by atoms with Crippen molar-refractivity contribution in [3.8, 4) is 11.4 Å². The van der Waals surface area contributed by atoms with Crippen LogP contribution in [0.25, 0.3) is 16.7 Å². The van der Waals surface area contributed by atoms with E-state index < -0.39 is 0 Å². The van der Waals surface area contributed by atoms with Gasteiger partial charge in [0.15, 0.2) is 0 Å². The number of aromatic nitrogens is 3. The van der Waals surface area contributed by atoms with Gasteiger partial charge in [-0.15, -0.1) is 15.0 Å². The van der Waals surface area contributed by atoms with Crippen molar-refractivity contribution in [2.24, 2.45) is 5.41 Å². The molecule has 0 fully saturated rings. The maximum Gasteiger partial charge on any atom is 0.146 e. The number of hydrogen-bond acceptors (Lipinski definition) is 3. The Kier molecular flexibility index (Phi) is 4.10. The van der Waals surface area contributed by atoms with Crippen molar-refractivity contribution in [3.05, 3.63) is 47.5 Å². The summed E-state index contributed by atoms with van der Waals surface area (Å²) in [5.74, 6) is 0.264. The SMILES string of the molecule is Cc1cc(-n2nc3ccccc3n2)c(O)c(C(C)(C)CC(C)(C)C)c1. The van der Waals surface area contributed by atoms with Crippen molar-refractivity contribution in [2.75, 3.05) is 0 Å². The van der Waals surface area contributed by atoms with Gasteiger partial charge in [0.2, 0.25) is 0 Å². The maximum atomic E-state index is 11.0. The summed E-state index contributed by atoms with van der Waals surface area (Å²) in [4.78, 5) is 1.55. The molecule has 2 aromatic carbocycles. The molecule has 4 nitrogen and oxygen atoms in total. The lowest BCUT2D eigenvalue weighted by molar-refractivity contribution is 0.278. The van der Waals surface area contributed by atoms with E-state index in [1.165, 1.54) is 0 Å². The van der Waals surface area contributed by atoms with E-state index in [0.717, 1.165) is 28.6 Å². The van der Waals surface area contributed by atoms with Crippen molar-refractivity contribution in [1.82, 2.24) is 15.0 Å². The van der Waals surface area contributed by atoms with E-state index >= 15 is 0 Å². The Hall–Kier alpha value is -2.36. The monoisotopic (exact) mass is 337 g/mol. The molecular weight excluding hydrogens is 310 g/mol. The number of phenols is 1. The van der Waals surface area contributed by atoms with Gasteiger partial charge >= 0.3 is 0 Å². The summed E-state index contributed by atoms with van der Waals surface area (Å²) in [6.45, 7) is 13.1. The fourth-order valence-electron chi connectivity index (χ4n) is 3.82. The third kappa shape index (κ3) is 3.53. The number of rotatable bonds is 3. The van der Waals surface area contributed by atoms with Crippen molar-refractivity contribution in [1.29, 1.82) is 0 Å². The molecule has 0 aliphatic carbocycles. The minimum absolute atomic E-state index is 0.157. The van der Waals surface area contributed by atoms with Crippen LogP contribution in [-0.4, -0.2) is 20.1 Å². The standard InChI is InChI=1S/C21H27N3O/c1-14-11-15(21(5,6)13-20(2,3)4)19(25)18(12-14)24-22-16-9-7-8-10-17(16)23-24/h7-12,25H,13H2,1-6H3. The predicted molar refractivity (Wildman–Crippen MR) is 102 cm³/mol. The number of hydrogen-bond donors (Lipinski definition) is 1. The van der Waals surface area contributed by atoms with Gasteiger partial charge < -0.3 is 5.11 Å². The first kappa shape index (κ1) is 17.5. The molecule has 1 N–H and O–H groups in total. The fraction of sp³-hybridized carbons (Fsp3) is 0.429. The van der Waals surface area contributed by atoms with E-state index in [1.54, 1.807) is 4.80 Å². The molecule has 0 saturated carbocycles. The maximum absolute atomic E-state index is 11.0. The second kappa shape index (κ2) is 5.87. The number of benzene rings is 2. The van der Waals surface area contributed by atoms with Gasteiger partial charge in [-0.2, -0.15) is 0 Å². The molecule has 0 bridgehead atoms. The molecule has 1 heterocycles. The third-order valence-electron chi connectivity index (χ3n) is 4.44. The Bertz CT molecular complexity index is 884. The van der Waals surface area contributed by atoms with E-state index in [1.807, 2.05) is 37.3 Å². The molecule has 0 radical (unpaired) electrons. The first-order valence-electron chi connectivity index (χ1n) is 8.73. The molecule has 0 saturated heterocycles. The molecule has 3 aromatic rings. The van der Waals surface area contributed by atoms with Gasteiger partial charge in [0.1, 0.15) is 22.5 Å². The molecule has 25 heavy (non-hydrogen) atoms. The third-order valence-corrected chi connectivity index (χ3v) is 4.44. The largest absolute Gasteiger partial charge is 0.505 e. The van der Waals surface area contributed by atoms with Crippen molar-refractivity contribution in [3.63, 3.8) is 0 Å². The van der Waals surface area contributed by atoms with Gasteiger partial charge in [-0.25, -0.2) is 0 Å². The lowest BCUT2D eigenvalue weighted by Gasteiger charge is -2.34. The van der Waals surface area contributed by atoms with Crippen LogP contribution in [0.5, 0.6) is 5.75 Å². The van der Waals surface area contributed by atoms with Crippen LogP contribution in [0.15, 0.2) is 36.4 Å². The molecule has 0 unspecified atom stereocenters. The van der Waals surface area contributed by atoms with Crippen LogP contribution < -0.4 is 0 Å². The lowest BCUT2D eigenvalue weighted by atomic mass is 9.71. The van der Waals surface area contributed by atoms with Crippen LogP contribution >= 0.6 is 0 Å². The molecular formula is C21H27N3O. The molecule has 1 aromatic heterocycles. The minimum atomic E-state index is -0.157. The Morgan fingerprint density at radius 3 is 2.04 bits per heavy atom. The highest BCUT2D eigenvalue weighted by Crippen LogP contribution is 2.42. The van der Waals surface area contributed by atoms with Crippen LogP contribution in [-0.2, 0) is 5.41 Å². The first-order valence-corrected chi connectivity index (χ1v) is 8.73.